The van der Waals surface area contributed by atoms with E-state index < -0.39 is 16.5 Å². The molecule has 0 bridgehead atoms. The van der Waals surface area contributed by atoms with E-state index in [1.54, 1.807) is 5.43 Å². The van der Waals surface area contributed by atoms with Crippen molar-refractivity contribution in [1.29, 1.82) is 0 Å². The van der Waals surface area contributed by atoms with E-state index >= 15 is 0 Å². The smallest absolute Gasteiger partial charge is 0.292 e. The fraction of sp³-hybridized carbons (Fsp3) is 0. The SMILES string of the molecule is NNC(=O)c1cccc(C=O)c1[N+](=O)[O-]. The number of carbonyl (C=O) groups is 2. The summed E-state index contributed by atoms with van der Waals surface area (Å²) in [6, 6.07) is 3.83. The average Bonchev–Trinajstić information content (AvgIpc) is 2.26. The highest BCUT2D eigenvalue weighted by Crippen LogP contribution is 2.22. The van der Waals surface area contributed by atoms with Gasteiger partial charge in [0, 0.05) is 0 Å². The molecule has 0 aliphatic rings. The largest absolute Gasteiger partial charge is 0.298 e. The highest BCUT2D eigenvalue weighted by molar-refractivity contribution is 6.01. The van der Waals surface area contributed by atoms with Crippen LogP contribution in [-0.4, -0.2) is 17.1 Å². The molecule has 1 aromatic carbocycles. The van der Waals surface area contributed by atoms with Crippen LogP contribution in [0.15, 0.2) is 18.2 Å². The van der Waals surface area contributed by atoms with Gasteiger partial charge < -0.3 is 0 Å². The van der Waals surface area contributed by atoms with E-state index in [1.807, 2.05) is 0 Å². The van der Waals surface area contributed by atoms with E-state index in [1.165, 1.54) is 18.2 Å². The third-order valence-electron chi connectivity index (χ3n) is 1.75. The molecule has 78 valence electrons. The summed E-state index contributed by atoms with van der Waals surface area (Å²) >= 11 is 0. The molecule has 1 aromatic rings. The molecule has 0 saturated heterocycles. The molecule has 3 N–H and O–H groups in total. The Balaban J connectivity index is 3.44. The number of para-hydroxylation sites is 1. The highest BCUT2D eigenvalue weighted by atomic mass is 16.6. The summed E-state index contributed by atoms with van der Waals surface area (Å²) < 4.78 is 0. The first-order chi connectivity index (χ1) is 7.11. The first-order valence-corrected chi connectivity index (χ1v) is 3.85. The minimum absolute atomic E-state index is 0.166. The van der Waals surface area contributed by atoms with Crippen LogP contribution in [0, 0.1) is 10.1 Å². The lowest BCUT2D eigenvalue weighted by Crippen LogP contribution is -2.30. The fourth-order valence-electron chi connectivity index (χ4n) is 1.12. The molecular weight excluding hydrogens is 202 g/mol. The first kappa shape index (κ1) is 10.8. The maximum Gasteiger partial charge on any atom is 0.292 e. The average molecular weight is 209 g/mol. The van der Waals surface area contributed by atoms with E-state index in [0.717, 1.165) is 0 Å². The fourth-order valence-corrected chi connectivity index (χ4v) is 1.12. The van der Waals surface area contributed by atoms with Crippen molar-refractivity contribution >= 4 is 17.9 Å². The summed E-state index contributed by atoms with van der Waals surface area (Å²) in [4.78, 5) is 31.5. The van der Waals surface area contributed by atoms with Crippen LogP contribution < -0.4 is 11.3 Å². The molecule has 0 spiro atoms. The van der Waals surface area contributed by atoms with E-state index in [0.29, 0.717) is 6.29 Å². The number of aldehydes is 1. The second kappa shape index (κ2) is 4.29. The highest BCUT2D eigenvalue weighted by Gasteiger charge is 2.23. The number of hydrazine groups is 1. The maximum atomic E-state index is 11.2. The van der Waals surface area contributed by atoms with Crippen LogP contribution in [0.2, 0.25) is 0 Å². The van der Waals surface area contributed by atoms with Gasteiger partial charge in [-0.2, -0.15) is 0 Å². The third kappa shape index (κ3) is 1.97. The second-order valence-corrected chi connectivity index (χ2v) is 2.59. The molecule has 0 heterocycles. The molecule has 0 atom stereocenters. The zero-order chi connectivity index (χ0) is 11.4. The summed E-state index contributed by atoms with van der Waals surface area (Å²) in [6.45, 7) is 0. The van der Waals surface area contributed by atoms with Crippen LogP contribution in [0.3, 0.4) is 0 Å². The molecule has 0 aliphatic heterocycles. The number of nitrogens with two attached hydrogens (primary N) is 1. The van der Waals surface area contributed by atoms with Gasteiger partial charge in [-0.1, -0.05) is 6.07 Å². The maximum absolute atomic E-state index is 11.2. The number of amides is 1. The molecule has 1 amide bonds. The lowest BCUT2D eigenvalue weighted by molar-refractivity contribution is -0.385. The van der Waals surface area contributed by atoms with Gasteiger partial charge in [-0.25, -0.2) is 5.84 Å². The molecule has 0 fully saturated rings. The van der Waals surface area contributed by atoms with Gasteiger partial charge in [-0.15, -0.1) is 0 Å². The minimum atomic E-state index is -0.814. The monoisotopic (exact) mass is 209 g/mol. The van der Waals surface area contributed by atoms with E-state index in [2.05, 4.69) is 0 Å². The standard InChI is InChI=1S/C8H7N3O4/c9-10-8(13)6-3-1-2-5(4-12)7(6)11(14)15/h1-4H,9H2,(H,10,13). The Morgan fingerprint density at radius 1 is 1.53 bits per heavy atom. The van der Waals surface area contributed by atoms with Crippen LogP contribution in [0.4, 0.5) is 5.69 Å². The third-order valence-corrected chi connectivity index (χ3v) is 1.75. The van der Waals surface area contributed by atoms with Gasteiger partial charge in [0.15, 0.2) is 6.29 Å². The summed E-state index contributed by atoms with van der Waals surface area (Å²) in [5, 5.41) is 10.6. The topological polar surface area (TPSA) is 115 Å². The predicted molar refractivity (Wildman–Crippen MR) is 50.1 cm³/mol. The van der Waals surface area contributed by atoms with Gasteiger partial charge in [0.05, 0.1) is 10.5 Å². The van der Waals surface area contributed by atoms with Gasteiger partial charge in [0.1, 0.15) is 5.56 Å². The van der Waals surface area contributed by atoms with Crippen molar-refractivity contribution in [2.75, 3.05) is 0 Å². The van der Waals surface area contributed by atoms with Crippen molar-refractivity contribution in [3.63, 3.8) is 0 Å². The number of rotatable bonds is 3. The van der Waals surface area contributed by atoms with Crippen LogP contribution in [0.1, 0.15) is 20.7 Å². The summed E-state index contributed by atoms with van der Waals surface area (Å²) in [5.74, 6) is 4.04. The van der Waals surface area contributed by atoms with Crippen LogP contribution >= 0.6 is 0 Å². The van der Waals surface area contributed by atoms with Gasteiger partial charge in [0.2, 0.25) is 0 Å². The number of nitro groups is 1. The van der Waals surface area contributed by atoms with E-state index in [9.17, 15) is 19.7 Å². The minimum Gasteiger partial charge on any atom is -0.298 e. The molecule has 0 aromatic heterocycles. The molecule has 7 nitrogen and oxygen atoms in total. The van der Waals surface area contributed by atoms with Crippen molar-refractivity contribution in [3.05, 3.63) is 39.4 Å². The van der Waals surface area contributed by atoms with Gasteiger partial charge in [0.25, 0.3) is 11.6 Å². The molecule has 0 radical (unpaired) electrons. The lowest BCUT2D eigenvalue weighted by atomic mass is 10.1. The molecule has 15 heavy (non-hydrogen) atoms. The number of benzene rings is 1. The summed E-state index contributed by atoms with van der Waals surface area (Å²) in [6.07, 6.45) is 0.311. The second-order valence-electron chi connectivity index (χ2n) is 2.59. The number of nitrogens with zero attached hydrogens (tertiary/aromatic N) is 1. The quantitative estimate of drug-likeness (QED) is 0.239. The van der Waals surface area contributed by atoms with Gasteiger partial charge in [-0.3, -0.25) is 25.1 Å². The van der Waals surface area contributed by atoms with Gasteiger partial charge in [-0.05, 0) is 12.1 Å². The number of carbonyl (C=O) groups excluding carboxylic acids is 2. The van der Waals surface area contributed by atoms with Crippen molar-refractivity contribution in [2.45, 2.75) is 0 Å². The Labute approximate surface area is 84.0 Å². The van der Waals surface area contributed by atoms with Crippen LogP contribution in [0.25, 0.3) is 0 Å². The normalized spacial score (nSPS) is 9.40. The van der Waals surface area contributed by atoms with Crippen LogP contribution in [-0.2, 0) is 0 Å². The number of hydrogen-bond acceptors (Lipinski definition) is 5. The predicted octanol–water partition coefficient (Wildman–Crippen LogP) is 0.0108. The molecule has 1 rings (SSSR count). The molecule has 7 heteroatoms. The molecule has 0 unspecified atom stereocenters. The Bertz CT molecular complexity index is 430. The number of hydrogen-bond donors (Lipinski definition) is 2. The first-order valence-electron chi connectivity index (χ1n) is 3.85. The van der Waals surface area contributed by atoms with Crippen molar-refractivity contribution in [3.8, 4) is 0 Å². The van der Waals surface area contributed by atoms with Crippen molar-refractivity contribution in [2.24, 2.45) is 5.84 Å². The van der Waals surface area contributed by atoms with Crippen LogP contribution in [0.5, 0.6) is 0 Å². The lowest BCUT2D eigenvalue weighted by Gasteiger charge is -2.02. The number of nitrogens with one attached hydrogen (secondary N) is 1. The van der Waals surface area contributed by atoms with Crippen molar-refractivity contribution < 1.29 is 14.5 Å². The van der Waals surface area contributed by atoms with E-state index in [4.69, 9.17) is 5.84 Å². The molecular formula is C8H7N3O4. The summed E-state index contributed by atoms with van der Waals surface area (Å²) in [7, 11) is 0. The number of nitro benzene ring substituents is 1. The Hall–Kier alpha value is -2.28. The molecule has 0 saturated carbocycles. The van der Waals surface area contributed by atoms with Gasteiger partial charge >= 0.3 is 0 Å². The van der Waals surface area contributed by atoms with Crippen molar-refractivity contribution in [1.82, 2.24) is 5.43 Å². The summed E-state index contributed by atoms with van der Waals surface area (Å²) in [5.41, 5.74) is 0.814. The zero-order valence-electron chi connectivity index (χ0n) is 7.47. The zero-order valence-corrected chi connectivity index (χ0v) is 7.47. The molecule has 0 aliphatic carbocycles. The van der Waals surface area contributed by atoms with E-state index in [-0.39, 0.29) is 11.1 Å². The Morgan fingerprint density at radius 3 is 2.67 bits per heavy atom. The Morgan fingerprint density at radius 2 is 2.20 bits per heavy atom. The Kier molecular flexibility index (Phi) is 3.09. The number of nitrogen functional groups attached to an aromatic ring is 1.